The van der Waals surface area contributed by atoms with Gasteiger partial charge in [-0.05, 0) is 69.3 Å². The number of hydrogen-bond acceptors (Lipinski definition) is 4. The van der Waals surface area contributed by atoms with Crippen LogP contribution in [0, 0.1) is 11.8 Å². The second-order valence-corrected chi connectivity index (χ2v) is 7.66. The zero-order valence-corrected chi connectivity index (χ0v) is 14.5. The van der Waals surface area contributed by atoms with E-state index in [1.54, 1.807) is 6.33 Å². The zero-order chi connectivity index (χ0) is 16.5. The van der Waals surface area contributed by atoms with E-state index in [-0.39, 0.29) is 0 Å². The minimum atomic E-state index is 0.405. The molecule has 2 fully saturated rings. The summed E-state index contributed by atoms with van der Waals surface area (Å²) in [5.74, 6) is 1.55. The van der Waals surface area contributed by atoms with Gasteiger partial charge in [0.15, 0.2) is 0 Å². The summed E-state index contributed by atoms with van der Waals surface area (Å²) in [5, 5.41) is 4.47. The lowest BCUT2D eigenvalue weighted by Gasteiger charge is -2.25. The maximum Gasteiger partial charge on any atom is 0.116 e. The summed E-state index contributed by atoms with van der Waals surface area (Å²) in [4.78, 5) is 9.05. The Kier molecular flexibility index (Phi) is 4.35. The van der Waals surface area contributed by atoms with E-state index < -0.39 is 0 Å². The van der Waals surface area contributed by atoms with Crippen molar-refractivity contribution < 1.29 is 0 Å². The van der Waals surface area contributed by atoms with Crippen LogP contribution in [0.5, 0.6) is 0 Å². The van der Waals surface area contributed by atoms with Crippen LogP contribution in [0.15, 0.2) is 18.6 Å². The van der Waals surface area contributed by atoms with Crippen molar-refractivity contribution in [3.05, 3.63) is 30.0 Å². The quantitative estimate of drug-likeness (QED) is 0.917. The van der Waals surface area contributed by atoms with Crippen LogP contribution in [0.4, 0.5) is 0 Å². The lowest BCUT2D eigenvalue weighted by molar-refractivity contribution is 0.323. The summed E-state index contributed by atoms with van der Waals surface area (Å²) in [6.45, 7) is 0. The number of rotatable bonds is 5. The number of aromatic nitrogens is 4. The molecule has 2 aromatic rings. The maximum absolute atomic E-state index is 6.02. The lowest BCUT2D eigenvalue weighted by atomic mass is 9.83. The average molecular weight is 325 g/mol. The van der Waals surface area contributed by atoms with Gasteiger partial charge in [0.2, 0.25) is 0 Å². The number of nitrogens with zero attached hydrogens (tertiary/aromatic N) is 4. The summed E-state index contributed by atoms with van der Waals surface area (Å²) < 4.78 is 2.01. The van der Waals surface area contributed by atoms with Gasteiger partial charge < -0.3 is 5.73 Å². The van der Waals surface area contributed by atoms with Gasteiger partial charge in [0.25, 0.3) is 0 Å². The predicted octanol–water partition coefficient (Wildman–Crippen LogP) is 2.89. The van der Waals surface area contributed by atoms with Gasteiger partial charge in [-0.15, -0.1) is 0 Å². The van der Waals surface area contributed by atoms with E-state index in [0.29, 0.717) is 12.0 Å². The van der Waals surface area contributed by atoms with Crippen LogP contribution in [0.25, 0.3) is 11.3 Å². The molecule has 2 heterocycles. The molecule has 4 rings (SSSR count). The van der Waals surface area contributed by atoms with E-state index in [9.17, 15) is 0 Å². The average Bonchev–Trinajstić information content (AvgIpc) is 3.33. The molecule has 5 nitrogen and oxygen atoms in total. The van der Waals surface area contributed by atoms with Crippen LogP contribution in [0.3, 0.4) is 0 Å². The first-order valence-electron chi connectivity index (χ1n) is 9.27. The summed E-state index contributed by atoms with van der Waals surface area (Å²) in [7, 11) is 2.04. The van der Waals surface area contributed by atoms with Crippen molar-refractivity contribution in [1.82, 2.24) is 19.7 Å². The van der Waals surface area contributed by atoms with Gasteiger partial charge in [-0.2, -0.15) is 5.10 Å². The molecular formula is C19H27N5. The fourth-order valence-corrected chi connectivity index (χ4v) is 3.86. The first-order chi connectivity index (χ1) is 11.7. The largest absolute Gasteiger partial charge is 0.328 e. The zero-order valence-electron chi connectivity index (χ0n) is 14.5. The van der Waals surface area contributed by atoms with Crippen LogP contribution in [-0.2, 0) is 19.9 Å². The Hall–Kier alpha value is -1.75. The molecular weight excluding hydrogens is 298 g/mol. The van der Waals surface area contributed by atoms with Crippen molar-refractivity contribution in [1.29, 1.82) is 0 Å². The van der Waals surface area contributed by atoms with Crippen molar-refractivity contribution in [2.24, 2.45) is 24.6 Å². The fourth-order valence-electron chi connectivity index (χ4n) is 3.86. The summed E-state index contributed by atoms with van der Waals surface area (Å²) in [5.41, 5.74) is 10.7. The van der Waals surface area contributed by atoms with E-state index >= 15 is 0 Å². The molecule has 0 saturated heterocycles. The van der Waals surface area contributed by atoms with Gasteiger partial charge in [0.05, 0.1) is 11.9 Å². The Morgan fingerprint density at radius 1 is 1.04 bits per heavy atom. The highest BCUT2D eigenvalue weighted by molar-refractivity contribution is 5.61. The van der Waals surface area contributed by atoms with Crippen LogP contribution < -0.4 is 5.73 Å². The third kappa shape index (κ3) is 3.51. The van der Waals surface area contributed by atoms with Crippen LogP contribution in [-0.4, -0.2) is 25.8 Å². The summed E-state index contributed by atoms with van der Waals surface area (Å²) in [6, 6.07) is 2.57. The normalized spacial score (nSPS) is 24.2. The molecule has 2 aromatic heterocycles. The molecule has 0 amide bonds. The second kappa shape index (κ2) is 6.63. The van der Waals surface area contributed by atoms with E-state index in [0.717, 1.165) is 43.0 Å². The Labute approximate surface area is 143 Å². The standard InChI is InChI=1S/C19H27N5/c1-24-19(9-14-2-3-14)17(11-23-24)18-10-16(21-12-22-18)8-13-4-6-15(20)7-5-13/h10-15H,2-9,20H2,1H3. The first-order valence-corrected chi connectivity index (χ1v) is 9.27. The third-order valence-corrected chi connectivity index (χ3v) is 5.63. The topological polar surface area (TPSA) is 69.6 Å². The van der Waals surface area contributed by atoms with Gasteiger partial charge in [-0.1, -0.05) is 0 Å². The van der Waals surface area contributed by atoms with E-state index in [4.69, 9.17) is 5.73 Å². The van der Waals surface area contributed by atoms with Gasteiger partial charge in [0.1, 0.15) is 6.33 Å². The van der Waals surface area contributed by atoms with E-state index in [2.05, 4.69) is 21.1 Å². The van der Waals surface area contributed by atoms with Gasteiger partial charge in [0, 0.05) is 30.0 Å². The maximum atomic E-state index is 6.02. The molecule has 5 heteroatoms. The summed E-state index contributed by atoms with van der Waals surface area (Å²) in [6.07, 6.45) is 13.3. The van der Waals surface area contributed by atoms with Gasteiger partial charge in [-0.3, -0.25) is 4.68 Å². The smallest absolute Gasteiger partial charge is 0.116 e. The Morgan fingerprint density at radius 2 is 1.75 bits per heavy atom. The molecule has 24 heavy (non-hydrogen) atoms. The molecule has 0 aromatic carbocycles. The van der Waals surface area contributed by atoms with E-state index in [1.165, 1.54) is 36.9 Å². The molecule has 2 N–H and O–H groups in total. The SMILES string of the molecule is Cn1ncc(-c2cc(CC3CCC(N)CC3)ncn2)c1CC1CC1. The Balaban J connectivity index is 1.52. The molecule has 0 aliphatic heterocycles. The Bertz CT molecular complexity index is 696. The van der Waals surface area contributed by atoms with E-state index in [1.807, 2.05) is 17.9 Å². The molecule has 0 atom stereocenters. The highest BCUT2D eigenvalue weighted by Crippen LogP contribution is 2.35. The minimum Gasteiger partial charge on any atom is -0.328 e. The molecule has 2 aliphatic rings. The number of hydrogen-bond donors (Lipinski definition) is 1. The molecule has 2 saturated carbocycles. The molecule has 0 unspecified atom stereocenters. The fraction of sp³-hybridized carbons (Fsp3) is 0.632. The highest BCUT2D eigenvalue weighted by atomic mass is 15.3. The van der Waals surface area contributed by atoms with Crippen molar-refractivity contribution in [3.63, 3.8) is 0 Å². The lowest BCUT2D eigenvalue weighted by Crippen LogP contribution is -2.27. The van der Waals surface area contributed by atoms with Crippen molar-refractivity contribution >= 4 is 0 Å². The van der Waals surface area contributed by atoms with Crippen LogP contribution >= 0.6 is 0 Å². The highest BCUT2D eigenvalue weighted by Gasteiger charge is 2.25. The third-order valence-electron chi connectivity index (χ3n) is 5.63. The molecule has 0 radical (unpaired) electrons. The van der Waals surface area contributed by atoms with Gasteiger partial charge in [-0.25, -0.2) is 9.97 Å². The van der Waals surface area contributed by atoms with Gasteiger partial charge >= 0.3 is 0 Å². The van der Waals surface area contributed by atoms with Crippen molar-refractivity contribution in [2.45, 2.75) is 57.4 Å². The molecule has 0 bridgehead atoms. The Morgan fingerprint density at radius 3 is 2.50 bits per heavy atom. The molecule has 128 valence electrons. The monoisotopic (exact) mass is 325 g/mol. The second-order valence-electron chi connectivity index (χ2n) is 7.66. The van der Waals surface area contributed by atoms with Crippen molar-refractivity contribution in [3.8, 4) is 11.3 Å². The predicted molar refractivity (Wildman–Crippen MR) is 94.3 cm³/mol. The molecule has 0 spiro atoms. The minimum absolute atomic E-state index is 0.405. The summed E-state index contributed by atoms with van der Waals surface area (Å²) >= 11 is 0. The van der Waals surface area contributed by atoms with Crippen LogP contribution in [0.1, 0.15) is 49.9 Å². The number of nitrogens with two attached hydrogens (primary N) is 1. The van der Waals surface area contributed by atoms with Crippen LogP contribution in [0.2, 0.25) is 0 Å². The first kappa shape index (κ1) is 15.8. The molecule has 2 aliphatic carbocycles. The number of aryl methyl sites for hydroxylation is 1. The van der Waals surface area contributed by atoms with Crippen molar-refractivity contribution in [2.75, 3.05) is 0 Å².